The van der Waals surface area contributed by atoms with E-state index >= 15 is 0 Å². The molecule has 0 heterocycles. The fourth-order valence-corrected chi connectivity index (χ4v) is 3.98. The first-order valence-corrected chi connectivity index (χ1v) is 7.68. The van der Waals surface area contributed by atoms with Crippen molar-refractivity contribution in [3.63, 3.8) is 0 Å². The van der Waals surface area contributed by atoms with Gasteiger partial charge >= 0.3 is 6.09 Å². The summed E-state index contributed by atoms with van der Waals surface area (Å²) in [7, 11) is 0. The molecule has 0 spiro atoms. The predicted octanol–water partition coefficient (Wildman–Crippen LogP) is 3.58. The minimum Gasteiger partial charge on any atom is -0.450 e. The third kappa shape index (κ3) is 5.50. The molecule has 2 atom stereocenters. The molecule has 21 heavy (non-hydrogen) atoms. The van der Waals surface area contributed by atoms with Crippen LogP contribution >= 0.6 is 0 Å². The van der Waals surface area contributed by atoms with E-state index in [1.54, 1.807) is 6.08 Å². The highest BCUT2D eigenvalue weighted by molar-refractivity contribution is 5.68. The largest absolute Gasteiger partial charge is 0.450 e. The summed E-state index contributed by atoms with van der Waals surface area (Å²) in [6.45, 7) is 10.7. The van der Waals surface area contributed by atoms with Gasteiger partial charge in [0.05, 0.1) is 12.1 Å². The SMILES string of the molecule is CCCCOC(=O)NC1(C)CC(C)(C)CC(C)(N=C=O)C1. The van der Waals surface area contributed by atoms with E-state index < -0.39 is 11.1 Å². The molecule has 0 aromatic carbocycles. The van der Waals surface area contributed by atoms with E-state index in [1.807, 2.05) is 13.8 Å². The van der Waals surface area contributed by atoms with Gasteiger partial charge in [0.1, 0.15) is 0 Å². The number of alkyl carbamates (subject to hydrolysis) is 1. The topological polar surface area (TPSA) is 67.8 Å². The molecule has 5 nitrogen and oxygen atoms in total. The second kappa shape index (κ2) is 6.61. The number of rotatable bonds is 5. The summed E-state index contributed by atoms with van der Waals surface area (Å²) >= 11 is 0. The Labute approximate surface area is 127 Å². The number of hydrogen-bond donors (Lipinski definition) is 1. The number of carbonyl (C=O) groups is 1. The Hall–Kier alpha value is -1.35. The minimum absolute atomic E-state index is 0.0151. The van der Waals surface area contributed by atoms with Gasteiger partial charge in [-0.25, -0.2) is 9.59 Å². The highest BCUT2D eigenvalue weighted by Gasteiger charge is 2.48. The molecule has 0 aromatic rings. The van der Waals surface area contributed by atoms with E-state index in [-0.39, 0.29) is 11.5 Å². The zero-order chi connectivity index (χ0) is 16.1. The van der Waals surface area contributed by atoms with E-state index in [0.29, 0.717) is 13.0 Å². The van der Waals surface area contributed by atoms with Gasteiger partial charge in [-0.15, -0.1) is 0 Å². The lowest BCUT2D eigenvalue weighted by molar-refractivity contribution is 0.0661. The van der Waals surface area contributed by atoms with Gasteiger partial charge in [0.25, 0.3) is 0 Å². The summed E-state index contributed by atoms with van der Waals surface area (Å²) < 4.78 is 5.19. The molecule has 1 rings (SSSR count). The Balaban J connectivity index is 2.78. The number of nitrogens with zero attached hydrogens (tertiary/aromatic N) is 1. The Bertz CT molecular complexity index is 429. The van der Waals surface area contributed by atoms with Crippen molar-refractivity contribution in [1.82, 2.24) is 5.32 Å². The highest BCUT2D eigenvalue weighted by Crippen LogP contribution is 2.47. The Morgan fingerprint density at radius 2 is 1.90 bits per heavy atom. The van der Waals surface area contributed by atoms with Crippen molar-refractivity contribution in [2.45, 2.75) is 77.8 Å². The van der Waals surface area contributed by atoms with Crippen LogP contribution < -0.4 is 5.32 Å². The van der Waals surface area contributed by atoms with Crippen LogP contribution in [0.4, 0.5) is 4.79 Å². The van der Waals surface area contributed by atoms with E-state index in [4.69, 9.17) is 4.74 Å². The van der Waals surface area contributed by atoms with Crippen LogP contribution in [0.1, 0.15) is 66.7 Å². The van der Waals surface area contributed by atoms with Gasteiger partial charge in [-0.2, -0.15) is 4.99 Å². The van der Waals surface area contributed by atoms with Crippen molar-refractivity contribution in [3.05, 3.63) is 0 Å². The number of ether oxygens (including phenoxy) is 1. The average molecular weight is 296 g/mol. The zero-order valence-corrected chi connectivity index (χ0v) is 13.9. The van der Waals surface area contributed by atoms with Gasteiger partial charge in [-0.05, 0) is 44.9 Å². The minimum atomic E-state index is -0.491. The zero-order valence-electron chi connectivity index (χ0n) is 13.9. The Kier molecular flexibility index (Phi) is 5.57. The van der Waals surface area contributed by atoms with E-state index in [2.05, 4.69) is 31.1 Å². The molecule has 120 valence electrons. The number of unbranched alkanes of at least 4 members (excludes halogenated alkanes) is 1. The van der Waals surface area contributed by atoms with Crippen molar-refractivity contribution in [2.75, 3.05) is 6.61 Å². The third-order valence-electron chi connectivity index (χ3n) is 3.95. The molecule has 1 fully saturated rings. The molecular weight excluding hydrogens is 268 g/mol. The smallest absolute Gasteiger partial charge is 0.407 e. The molecule has 1 aliphatic rings. The lowest BCUT2D eigenvalue weighted by Gasteiger charge is -2.49. The van der Waals surface area contributed by atoms with Crippen LogP contribution in [0.5, 0.6) is 0 Å². The molecule has 0 radical (unpaired) electrons. The molecular formula is C16H28N2O3. The maximum atomic E-state index is 11.9. The number of aliphatic imine (C=N–C) groups is 1. The molecule has 1 aliphatic carbocycles. The second-order valence-corrected chi connectivity index (χ2v) is 7.57. The summed E-state index contributed by atoms with van der Waals surface area (Å²) in [6.07, 6.45) is 5.39. The Morgan fingerprint density at radius 1 is 1.24 bits per heavy atom. The predicted molar refractivity (Wildman–Crippen MR) is 82.0 cm³/mol. The molecule has 2 unspecified atom stereocenters. The van der Waals surface area contributed by atoms with Gasteiger partial charge in [-0.3, -0.25) is 0 Å². The van der Waals surface area contributed by atoms with Crippen LogP contribution in [0.15, 0.2) is 4.99 Å². The van der Waals surface area contributed by atoms with Crippen LogP contribution in [0.2, 0.25) is 0 Å². The quantitative estimate of drug-likeness (QED) is 0.479. The van der Waals surface area contributed by atoms with Crippen molar-refractivity contribution >= 4 is 12.2 Å². The van der Waals surface area contributed by atoms with Crippen molar-refractivity contribution in [1.29, 1.82) is 0 Å². The maximum Gasteiger partial charge on any atom is 0.407 e. The third-order valence-corrected chi connectivity index (χ3v) is 3.95. The molecule has 0 bridgehead atoms. The van der Waals surface area contributed by atoms with E-state index in [9.17, 15) is 9.59 Å². The fourth-order valence-electron chi connectivity index (χ4n) is 3.98. The molecule has 5 heteroatoms. The lowest BCUT2D eigenvalue weighted by Crippen LogP contribution is -2.57. The van der Waals surface area contributed by atoms with E-state index in [1.165, 1.54) is 0 Å². The summed E-state index contributed by atoms with van der Waals surface area (Å²) in [5.41, 5.74) is -0.937. The standard InChI is InChI=1S/C16H28N2O3/c1-6-7-8-21-13(20)18-16(5)10-14(2,3)9-15(4,11-16)17-12-19/h6-11H2,1-5H3,(H,18,20). The van der Waals surface area contributed by atoms with Crippen LogP contribution in [0.25, 0.3) is 0 Å². The van der Waals surface area contributed by atoms with Crippen molar-refractivity contribution in [2.24, 2.45) is 10.4 Å². The summed E-state index contributed by atoms with van der Waals surface area (Å²) in [5, 5.41) is 2.97. The van der Waals surface area contributed by atoms with Crippen molar-refractivity contribution < 1.29 is 14.3 Å². The fraction of sp³-hybridized carbons (Fsp3) is 0.875. The molecule has 0 aliphatic heterocycles. The monoisotopic (exact) mass is 296 g/mol. The molecule has 1 amide bonds. The molecule has 1 N–H and O–H groups in total. The second-order valence-electron chi connectivity index (χ2n) is 7.57. The average Bonchev–Trinajstić information content (AvgIpc) is 2.24. The maximum absolute atomic E-state index is 11.9. The molecule has 0 aromatic heterocycles. The van der Waals surface area contributed by atoms with E-state index in [0.717, 1.165) is 25.7 Å². The molecule has 1 saturated carbocycles. The van der Waals surface area contributed by atoms with Crippen LogP contribution in [-0.4, -0.2) is 29.9 Å². The number of isocyanates is 1. The van der Waals surface area contributed by atoms with Gasteiger partial charge in [0.2, 0.25) is 6.08 Å². The first-order valence-electron chi connectivity index (χ1n) is 7.68. The van der Waals surface area contributed by atoms with Gasteiger partial charge in [0.15, 0.2) is 0 Å². The van der Waals surface area contributed by atoms with Crippen molar-refractivity contribution in [3.8, 4) is 0 Å². The first-order chi connectivity index (χ1) is 9.64. The van der Waals surface area contributed by atoms with Gasteiger partial charge in [-0.1, -0.05) is 27.2 Å². The number of amides is 1. The highest BCUT2D eigenvalue weighted by atomic mass is 16.5. The van der Waals surface area contributed by atoms with Crippen LogP contribution in [-0.2, 0) is 9.53 Å². The number of nitrogens with one attached hydrogen (secondary N) is 1. The normalized spacial score (nSPS) is 31.1. The number of hydrogen-bond acceptors (Lipinski definition) is 4. The Morgan fingerprint density at radius 3 is 2.48 bits per heavy atom. The van der Waals surface area contributed by atoms with Crippen LogP contribution in [0.3, 0.4) is 0 Å². The summed E-state index contributed by atoms with van der Waals surface area (Å²) in [6, 6.07) is 0. The van der Waals surface area contributed by atoms with Crippen LogP contribution in [0, 0.1) is 5.41 Å². The lowest BCUT2D eigenvalue weighted by atomic mass is 9.62. The molecule has 0 saturated heterocycles. The summed E-state index contributed by atoms with van der Waals surface area (Å²) in [4.78, 5) is 26.6. The summed E-state index contributed by atoms with van der Waals surface area (Å²) in [5.74, 6) is 0. The van der Waals surface area contributed by atoms with Gasteiger partial charge < -0.3 is 10.1 Å². The first kappa shape index (κ1) is 17.7. The number of carbonyl (C=O) groups excluding carboxylic acids is 2. The van der Waals surface area contributed by atoms with Gasteiger partial charge in [0, 0.05) is 5.54 Å².